The summed E-state index contributed by atoms with van der Waals surface area (Å²) in [5.41, 5.74) is 6.92. The third-order valence-electron chi connectivity index (χ3n) is 6.65. The molecule has 0 unspecified atom stereocenters. The highest BCUT2D eigenvalue weighted by molar-refractivity contribution is 9.10. The van der Waals surface area contributed by atoms with Crippen molar-refractivity contribution in [2.45, 2.75) is 38.8 Å². The van der Waals surface area contributed by atoms with Gasteiger partial charge in [0.15, 0.2) is 5.65 Å². The number of anilines is 1. The van der Waals surface area contributed by atoms with E-state index in [0.29, 0.717) is 52.3 Å². The van der Waals surface area contributed by atoms with Crippen molar-refractivity contribution in [2.24, 2.45) is 11.1 Å². The Morgan fingerprint density at radius 2 is 2.14 bits per heavy atom. The van der Waals surface area contributed by atoms with E-state index in [1.54, 1.807) is 30.1 Å². The van der Waals surface area contributed by atoms with E-state index in [0.717, 1.165) is 18.2 Å². The Kier molecular flexibility index (Phi) is 6.01. The molecule has 182 valence electrons. The number of carbonyl (C=O) groups is 1. The second-order valence-corrected chi connectivity index (χ2v) is 9.84. The van der Waals surface area contributed by atoms with Crippen molar-refractivity contribution in [3.05, 3.63) is 45.7 Å². The van der Waals surface area contributed by atoms with Gasteiger partial charge in [0.2, 0.25) is 11.9 Å². The lowest BCUT2D eigenvalue weighted by Gasteiger charge is -2.22. The van der Waals surface area contributed by atoms with Crippen LogP contribution in [0.1, 0.15) is 26.2 Å². The minimum atomic E-state index is -0.406. The number of rotatable bonds is 6. The van der Waals surface area contributed by atoms with Gasteiger partial charge in [-0.2, -0.15) is 10.1 Å². The van der Waals surface area contributed by atoms with E-state index in [2.05, 4.69) is 41.6 Å². The largest absolute Gasteiger partial charge is 0.359 e. The molecule has 1 fully saturated rings. The molecule has 3 aromatic heterocycles. The van der Waals surface area contributed by atoms with E-state index in [4.69, 9.17) is 10.7 Å². The van der Waals surface area contributed by atoms with Crippen LogP contribution in [0.5, 0.6) is 0 Å². The fourth-order valence-corrected chi connectivity index (χ4v) is 5.19. The highest BCUT2D eigenvalue weighted by atomic mass is 79.9. The Bertz CT molecular complexity index is 1500. The molecule has 0 radical (unpaired) electrons. The Morgan fingerprint density at radius 1 is 1.31 bits per heavy atom. The summed E-state index contributed by atoms with van der Waals surface area (Å²) in [5.74, 6) is 0.515. The van der Waals surface area contributed by atoms with Gasteiger partial charge in [-0.15, -0.1) is 0 Å². The van der Waals surface area contributed by atoms with Gasteiger partial charge in [-0.3, -0.25) is 14.2 Å². The molecule has 4 N–H and O–H groups in total. The van der Waals surface area contributed by atoms with Gasteiger partial charge < -0.3 is 16.4 Å². The van der Waals surface area contributed by atoms with Crippen LogP contribution < -0.4 is 21.9 Å². The summed E-state index contributed by atoms with van der Waals surface area (Å²) in [4.78, 5) is 38.7. The molecule has 11 nitrogen and oxygen atoms in total. The van der Waals surface area contributed by atoms with Gasteiger partial charge in [-0.05, 0) is 53.4 Å². The summed E-state index contributed by atoms with van der Waals surface area (Å²) < 4.78 is 3.77. The first kappa shape index (κ1) is 23.4. The van der Waals surface area contributed by atoms with Crippen molar-refractivity contribution in [1.29, 1.82) is 0 Å². The summed E-state index contributed by atoms with van der Waals surface area (Å²) in [6.07, 6.45) is 5.57. The average Bonchev–Trinajstić information content (AvgIpc) is 3.40. The zero-order chi connectivity index (χ0) is 24.7. The molecule has 3 heterocycles. The topological polar surface area (TPSA) is 146 Å². The van der Waals surface area contributed by atoms with Gasteiger partial charge in [-0.25, -0.2) is 14.6 Å². The monoisotopic (exact) mass is 539 g/mol. The molecule has 35 heavy (non-hydrogen) atoms. The normalized spacial score (nSPS) is 19.9. The minimum absolute atomic E-state index is 0.0523. The first-order valence-electron chi connectivity index (χ1n) is 11.4. The van der Waals surface area contributed by atoms with E-state index in [9.17, 15) is 9.59 Å². The van der Waals surface area contributed by atoms with Crippen molar-refractivity contribution in [3.63, 3.8) is 0 Å². The lowest BCUT2D eigenvalue weighted by molar-refractivity contribution is -0.129. The van der Waals surface area contributed by atoms with E-state index >= 15 is 0 Å². The Labute approximate surface area is 209 Å². The highest BCUT2D eigenvalue weighted by Crippen LogP contribution is 2.39. The van der Waals surface area contributed by atoms with Gasteiger partial charge in [0.1, 0.15) is 4.60 Å². The zero-order valence-corrected chi connectivity index (χ0v) is 21.0. The Balaban J connectivity index is 1.50. The third-order valence-corrected chi connectivity index (χ3v) is 7.24. The van der Waals surface area contributed by atoms with Crippen LogP contribution in [-0.4, -0.2) is 54.8 Å². The predicted octanol–water partition coefficient (Wildman–Crippen LogP) is 1.96. The smallest absolute Gasteiger partial charge is 0.261 e. The number of halogens is 1. The molecule has 1 aliphatic carbocycles. The van der Waals surface area contributed by atoms with Crippen molar-refractivity contribution in [2.75, 3.05) is 18.9 Å². The second-order valence-electron chi connectivity index (χ2n) is 9.09. The van der Waals surface area contributed by atoms with E-state index in [1.165, 1.54) is 10.9 Å². The first-order chi connectivity index (χ1) is 16.8. The van der Waals surface area contributed by atoms with E-state index < -0.39 is 5.41 Å². The molecule has 0 spiro atoms. The van der Waals surface area contributed by atoms with Gasteiger partial charge in [0, 0.05) is 37.8 Å². The number of nitrogens with two attached hydrogens (primary N) is 1. The van der Waals surface area contributed by atoms with Gasteiger partial charge >= 0.3 is 0 Å². The fourth-order valence-electron chi connectivity index (χ4n) is 4.75. The van der Waals surface area contributed by atoms with Gasteiger partial charge in [0.25, 0.3) is 5.56 Å². The van der Waals surface area contributed by atoms with Crippen LogP contribution in [0.15, 0.2) is 40.1 Å². The number of nitrogens with one attached hydrogen (secondary N) is 2. The first-order valence-corrected chi connectivity index (χ1v) is 12.2. The predicted molar refractivity (Wildman–Crippen MR) is 136 cm³/mol. The lowest BCUT2D eigenvalue weighted by atomic mass is 9.87. The van der Waals surface area contributed by atoms with Crippen molar-refractivity contribution in [3.8, 4) is 5.69 Å². The fraction of sp³-hybridized carbons (Fsp3) is 0.391. The molecule has 1 aliphatic rings. The maximum atomic E-state index is 12.9. The summed E-state index contributed by atoms with van der Waals surface area (Å²) in [5, 5.41) is 11.9. The van der Waals surface area contributed by atoms with E-state index in [-0.39, 0.29) is 17.5 Å². The maximum absolute atomic E-state index is 12.9. The number of carbonyl (C=O) groups excluding carboxylic acids is 1. The molecule has 0 saturated heterocycles. The maximum Gasteiger partial charge on any atom is 0.261 e. The zero-order valence-electron chi connectivity index (χ0n) is 19.5. The number of nitrogens with zero attached hydrogens (tertiary/aromatic N) is 6. The highest BCUT2D eigenvalue weighted by Gasteiger charge is 2.41. The molecule has 2 atom stereocenters. The Morgan fingerprint density at radius 3 is 2.91 bits per heavy atom. The number of hydrogen-bond donors (Lipinski definition) is 3. The van der Waals surface area contributed by atoms with E-state index in [1.807, 2.05) is 13.0 Å². The number of hydrogen-bond acceptors (Lipinski definition) is 8. The molecule has 1 amide bonds. The molecule has 0 bridgehead atoms. The third kappa shape index (κ3) is 4.16. The molecule has 4 aromatic rings. The molecule has 0 aliphatic heterocycles. The number of aromatic nitrogens is 6. The van der Waals surface area contributed by atoms with Crippen molar-refractivity contribution < 1.29 is 4.79 Å². The molecule has 5 rings (SSSR count). The van der Waals surface area contributed by atoms with Gasteiger partial charge in [-0.1, -0.05) is 6.92 Å². The summed E-state index contributed by atoms with van der Waals surface area (Å²) >= 11 is 3.49. The Hall–Kier alpha value is -3.38. The summed E-state index contributed by atoms with van der Waals surface area (Å²) in [7, 11) is 1.67. The number of fused-ring (bicyclic) bond motifs is 2. The second kappa shape index (κ2) is 9.00. The molecular weight excluding hydrogens is 514 g/mol. The molecule has 12 heteroatoms. The van der Waals surface area contributed by atoms with Gasteiger partial charge in [0.05, 0.1) is 28.3 Å². The van der Waals surface area contributed by atoms with Crippen LogP contribution in [0.2, 0.25) is 0 Å². The van der Waals surface area contributed by atoms with Crippen LogP contribution in [0.3, 0.4) is 0 Å². The van der Waals surface area contributed by atoms with Crippen LogP contribution in [0.25, 0.3) is 27.6 Å². The number of benzene rings is 1. The molecule has 1 aromatic carbocycles. The summed E-state index contributed by atoms with van der Waals surface area (Å²) in [6, 6.07) is 5.49. The average molecular weight is 540 g/mol. The van der Waals surface area contributed by atoms with Crippen molar-refractivity contribution >= 4 is 49.7 Å². The van der Waals surface area contributed by atoms with Crippen LogP contribution in [0.4, 0.5) is 5.95 Å². The van der Waals surface area contributed by atoms with Crippen LogP contribution >= 0.6 is 15.9 Å². The molecule has 1 saturated carbocycles. The minimum Gasteiger partial charge on any atom is -0.359 e. The van der Waals surface area contributed by atoms with Crippen LogP contribution in [0, 0.1) is 5.41 Å². The van der Waals surface area contributed by atoms with Crippen LogP contribution in [-0.2, 0) is 11.3 Å². The lowest BCUT2D eigenvalue weighted by Crippen LogP contribution is -2.35. The molecular formula is C23H26BrN9O2. The standard InChI is InChI=1S/C23H26BrN9O2/c1-23(21(35)26-2)6-5-13(10-23)29-22-27-11-16-18(24)31-33(19(16)30-22)14-3-4-17-15(9-14)20(34)32(8-7-25)12-28-17/h3-4,9,11-13H,5-8,10,25H2,1-2H3,(H,26,35)(H,27,29,30)/t13-,23-/m1/s1. The van der Waals surface area contributed by atoms with Crippen molar-refractivity contribution in [1.82, 2.24) is 34.6 Å². The number of amides is 1. The quantitative estimate of drug-likeness (QED) is 0.337. The SMILES string of the molecule is CNC(=O)[C@]1(C)CC[C@@H](Nc2ncc3c(Br)nn(-c4ccc5ncn(CCN)c(=O)c5c4)c3n2)C1. The summed E-state index contributed by atoms with van der Waals surface area (Å²) in [6.45, 7) is 2.73.